The Morgan fingerprint density at radius 3 is 1.83 bits per heavy atom. The van der Waals surface area contributed by atoms with Gasteiger partial charge in [-0.25, -0.2) is 4.79 Å². The van der Waals surface area contributed by atoms with Crippen LogP contribution in [0.1, 0.15) is 44.1 Å². The molecule has 1 aromatic carbocycles. The van der Waals surface area contributed by atoms with Gasteiger partial charge in [0.2, 0.25) is 29.5 Å². The number of carbonyl (C=O) groups is 6. The van der Waals surface area contributed by atoms with Gasteiger partial charge in [-0.1, -0.05) is 30.3 Å². The zero-order valence-corrected chi connectivity index (χ0v) is 22.6. The van der Waals surface area contributed by atoms with Crippen molar-refractivity contribution in [2.45, 2.75) is 69.1 Å². The van der Waals surface area contributed by atoms with Crippen molar-refractivity contribution in [3.8, 4) is 0 Å². The van der Waals surface area contributed by atoms with E-state index in [0.717, 1.165) is 0 Å². The van der Waals surface area contributed by atoms with Crippen molar-refractivity contribution >= 4 is 41.5 Å². The van der Waals surface area contributed by atoms with Crippen molar-refractivity contribution in [1.29, 1.82) is 0 Å². The molecule has 0 saturated heterocycles. The van der Waals surface area contributed by atoms with Gasteiger partial charge in [0.05, 0.1) is 6.04 Å². The number of aliphatic imine (C=N–C) groups is 1. The first kappa shape index (κ1) is 34.3. The van der Waals surface area contributed by atoms with Gasteiger partial charge in [0.1, 0.15) is 18.1 Å². The Bertz CT molecular complexity index is 1090. The summed E-state index contributed by atoms with van der Waals surface area (Å²) in [6.45, 7) is 0.148. The SMILES string of the molecule is NC(=O)CCC(N)C(=O)NC(CCC(N)=O)C(=O)NC(Cc1ccccc1)C(=O)NC(CCCN=C(N)N)C(=O)O. The zero-order chi connectivity index (χ0) is 30.9. The minimum atomic E-state index is -1.32. The fourth-order valence-electron chi connectivity index (χ4n) is 3.63. The number of primary amides is 2. The van der Waals surface area contributed by atoms with Gasteiger partial charge in [-0.15, -0.1) is 0 Å². The first-order chi connectivity index (χ1) is 19.3. The molecule has 0 saturated carbocycles. The molecule has 16 nitrogen and oxygen atoms in total. The standard InChI is InChI=1S/C25H39N9O7/c26-15(8-10-19(27)35)21(37)32-16(9-11-20(28)36)22(38)34-18(13-14-5-2-1-3-6-14)23(39)33-17(24(40)41)7-4-12-31-25(29)30/h1-3,5-6,15-18H,4,7-13,26H2,(H2,27,35)(H2,28,36)(H,32,37)(H,33,39)(H,34,38)(H,40,41)(H4,29,30,31). The smallest absolute Gasteiger partial charge is 0.326 e. The summed E-state index contributed by atoms with van der Waals surface area (Å²) in [4.78, 5) is 77.0. The topological polar surface area (TPSA) is 301 Å². The van der Waals surface area contributed by atoms with E-state index in [0.29, 0.717) is 5.56 Å². The third-order valence-electron chi connectivity index (χ3n) is 5.83. The first-order valence-electron chi connectivity index (χ1n) is 12.9. The van der Waals surface area contributed by atoms with Crippen LogP contribution in [0.5, 0.6) is 0 Å². The monoisotopic (exact) mass is 577 g/mol. The lowest BCUT2D eigenvalue weighted by Crippen LogP contribution is -2.57. The highest BCUT2D eigenvalue weighted by Crippen LogP contribution is 2.08. The summed E-state index contributed by atoms with van der Waals surface area (Å²) in [5.74, 6) is -5.28. The maximum absolute atomic E-state index is 13.3. The largest absolute Gasteiger partial charge is 0.480 e. The molecule has 0 spiro atoms. The van der Waals surface area contributed by atoms with Gasteiger partial charge in [-0.05, 0) is 31.2 Å². The molecular weight excluding hydrogens is 538 g/mol. The number of nitrogens with zero attached hydrogens (tertiary/aromatic N) is 1. The molecule has 0 aliphatic carbocycles. The molecule has 5 amide bonds. The van der Waals surface area contributed by atoms with Gasteiger partial charge < -0.3 is 49.7 Å². The molecule has 16 heteroatoms. The van der Waals surface area contributed by atoms with Gasteiger partial charge in [-0.3, -0.25) is 29.0 Å². The molecule has 0 aliphatic heterocycles. The number of hydrogen-bond acceptors (Lipinski definition) is 8. The molecule has 226 valence electrons. The maximum atomic E-state index is 13.3. The third-order valence-corrected chi connectivity index (χ3v) is 5.83. The van der Waals surface area contributed by atoms with E-state index in [1.54, 1.807) is 30.3 Å². The Labute approximate surface area is 236 Å². The summed E-state index contributed by atoms with van der Waals surface area (Å²) < 4.78 is 0. The summed E-state index contributed by atoms with van der Waals surface area (Å²) >= 11 is 0. The Kier molecular flexibility index (Phi) is 14.9. The van der Waals surface area contributed by atoms with E-state index in [4.69, 9.17) is 28.7 Å². The van der Waals surface area contributed by atoms with Crippen LogP contribution in [0, 0.1) is 0 Å². The average molecular weight is 578 g/mol. The Hall–Kier alpha value is -4.73. The van der Waals surface area contributed by atoms with Crippen LogP contribution < -0.4 is 44.6 Å². The summed E-state index contributed by atoms with van der Waals surface area (Å²) in [5, 5.41) is 17.0. The molecule has 1 aromatic rings. The van der Waals surface area contributed by atoms with Crippen molar-refractivity contribution in [3.63, 3.8) is 0 Å². The highest BCUT2D eigenvalue weighted by atomic mass is 16.4. The van der Waals surface area contributed by atoms with Crippen molar-refractivity contribution < 1.29 is 33.9 Å². The van der Waals surface area contributed by atoms with Crippen molar-refractivity contribution in [2.24, 2.45) is 33.7 Å². The molecular formula is C25H39N9O7. The van der Waals surface area contributed by atoms with E-state index in [1.807, 2.05) is 0 Å². The minimum absolute atomic E-state index is 0.00431. The summed E-state index contributed by atoms with van der Waals surface area (Å²) in [7, 11) is 0. The number of guanidine groups is 1. The lowest BCUT2D eigenvalue weighted by molar-refractivity contribution is -0.142. The van der Waals surface area contributed by atoms with Gasteiger partial charge in [0.15, 0.2) is 5.96 Å². The molecule has 0 fully saturated rings. The number of carboxylic acids is 1. The van der Waals surface area contributed by atoms with Crippen molar-refractivity contribution in [2.75, 3.05) is 6.54 Å². The maximum Gasteiger partial charge on any atom is 0.326 e. The Morgan fingerprint density at radius 2 is 1.27 bits per heavy atom. The molecule has 4 atom stereocenters. The molecule has 1 rings (SSSR count). The second-order valence-corrected chi connectivity index (χ2v) is 9.28. The van der Waals surface area contributed by atoms with Crippen LogP contribution in [0.4, 0.5) is 0 Å². The van der Waals surface area contributed by atoms with Gasteiger partial charge >= 0.3 is 5.97 Å². The van der Waals surface area contributed by atoms with Gasteiger partial charge in [0, 0.05) is 25.8 Å². The molecule has 0 aliphatic rings. The zero-order valence-electron chi connectivity index (χ0n) is 22.6. The second-order valence-electron chi connectivity index (χ2n) is 9.28. The van der Waals surface area contributed by atoms with E-state index in [1.165, 1.54) is 0 Å². The number of rotatable bonds is 19. The van der Waals surface area contributed by atoms with Crippen LogP contribution in [0.2, 0.25) is 0 Å². The van der Waals surface area contributed by atoms with Crippen LogP contribution in [-0.4, -0.2) is 77.3 Å². The number of nitrogens with one attached hydrogen (secondary N) is 3. The molecule has 0 heterocycles. The number of carboxylic acid groups (broad SMARTS) is 1. The van der Waals surface area contributed by atoms with E-state index < -0.39 is 59.7 Å². The summed E-state index contributed by atoms with van der Waals surface area (Å²) in [6.07, 6.45) is -0.494. The van der Waals surface area contributed by atoms with Gasteiger partial charge in [-0.2, -0.15) is 0 Å². The Morgan fingerprint density at radius 1 is 0.732 bits per heavy atom. The van der Waals surface area contributed by atoms with Crippen LogP contribution in [0.3, 0.4) is 0 Å². The fourth-order valence-corrected chi connectivity index (χ4v) is 3.63. The molecule has 14 N–H and O–H groups in total. The van der Waals surface area contributed by atoms with Crippen LogP contribution >= 0.6 is 0 Å². The second kappa shape index (κ2) is 17.8. The third kappa shape index (κ3) is 14.3. The van der Waals surface area contributed by atoms with Crippen LogP contribution in [0.25, 0.3) is 0 Å². The van der Waals surface area contributed by atoms with E-state index in [-0.39, 0.29) is 57.5 Å². The van der Waals surface area contributed by atoms with Crippen molar-refractivity contribution in [3.05, 3.63) is 35.9 Å². The normalized spacial score (nSPS) is 13.5. The molecule has 0 aromatic heterocycles. The fraction of sp³-hybridized carbons (Fsp3) is 0.480. The van der Waals surface area contributed by atoms with Gasteiger partial charge in [0.25, 0.3) is 0 Å². The molecule has 0 radical (unpaired) electrons. The number of amides is 5. The number of nitrogens with two attached hydrogens (primary N) is 5. The van der Waals surface area contributed by atoms with Crippen molar-refractivity contribution in [1.82, 2.24) is 16.0 Å². The van der Waals surface area contributed by atoms with E-state index >= 15 is 0 Å². The average Bonchev–Trinajstić information content (AvgIpc) is 2.90. The lowest BCUT2D eigenvalue weighted by Gasteiger charge is -2.25. The van der Waals surface area contributed by atoms with Crippen LogP contribution in [-0.2, 0) is 35.2 Å². The number of benzene rings is 1. The number of hydrogen-bond donors (Lipinski definition) is 9. The minimum Gasteiger partial charge on any atom is -0.480 e. The highest BCUT2D eigenvalue weighted by Gasteiger charge is 2.30. The summed E-state index contributed by atoms with van der Waals surface area (Å²) in [5.41, 5.74) is 27.3. The highest BCUT2D eigenvalue weighted by molar-refractivity contribution is 5.94. The summed E-state index contributed by atoms with van der Waals surface area (Å²) in [6, 6.07) is 3.55. The van der Waals surface area contributed by atoms with E-state index in [9.17, 15) is 33.9 Å². The quantitative estimate of drug-likeness (QED) is 0.0447. The first-order valence-corrected chi connectivity index (χ1v) is 12.9. The van der Waals surface area contributed by atoms with Crippen LogP contribution in [0.15, 0.2) is 35.3 Å². The molecule has 41 heavy (non-hydrogen) atoms. The number of aliphatic carboxylic acids is 1. The van der Waals surface area contributed by atoms with E-state index in [2.05, 4.69) is 20.9 Å². The predicted molar refractivity (Wildman–Crippen MR) is 148 cm³/mol. The Balaban J connectivity index is 3.11. The number of carbonyl (C=O) groups excluding carboxylic acids is 5. The predicted octanol–water partition coefficient (Wildman–Crippen LogP) is -3.32. The lowest BCUT2D eigenvalue weighted by atomic mass is 10.0. The molecule has 4 unspecified atom stereocenters. The molecule has 0 bridgehead atoms.